The number of amides is 1. The van der Waals surface area contributed by atoms with E-state index in [2.05, 4.69) is 19.2 Å². The number of ether oxygens (including phenoxy) is 1. The highest BCUT2D eigenvalue weighted by Gasteiger charge is 2.39. The lowest BCUT2D eigenvalue weighted by Gasteiger charge is -2.41. The highest BCUT2D eigenvalue weighted by atomic mass is 35.5. The summed E-state index contributed by atoms with van der Waals surface area (Å²) in [4.78, 5) is 23.3. The molecule has 0 aromatic heterocycles. The van der Waals surface area contributed by atoms with Gasteiger partial charge < -0.3 is 10.1 Å². The number of nitrogens with one attached hydrogen (secondary N) is 1. The Balaban J connectivity index is 1.91. The number of hydrogen-bond acceptors (Lipinski definition) is 4. The predicted molar refractivity (Wildman–Crippen MR) is 103 cm³/mol. The minimum atomic E-state index is -0.595. The highest BCUT2D eigenvalue weighted by Crippen LogP contribution is 2.42. The monoisotopic (exact) mass is 388 g/mol. The zero-order chi connectivity index (χ0) is 19.6. The smallest absolute Gasteiger partial charge is 0.288 e. The Morgan fingerprint density at radius 2 is 2.00 bits per heavy atom. The summed E-state index contributed by atoms with van der Waals surface area (Å²) in [7, 11) is 0. The molecule has 1 aliphatic heterocycles. The first-order chi connectivity index (χ1) is 12.9. The van der Waals surface area contributed by atoms with E-state index < -0.39 is 4.92 Å². The Morgan fingerprint density at radius 3 is 2.67 bits per heavy atom. The molecule has 0 fully saturated rings. The number of para-hydroxylation sites is 1. The third kappa shape index (κ3) is 3.76. The summed E-state index contributed by atoms with van der Waals surface area (Å²) >= 11 is 5.84. The molecule has 142 valence electrons. The van der Waals surface area contributed by atoms with Gasteiger partial charge in [-0.25, -0.2) is 0 Å². The number of benzene rings is 2. The van der Waals surface area contributed by atoms with E-state index in [0.717, 1.165) is 24.2 Å². The standard InChI is InChI=1S/C20H21ClN2O4/c1-3-20(4-2)12-16(14-7-5-6-8-18(14)27-20)22-19(24)13-9-10-15(21)17(11-13)23(25)26/h5-11,16H,3-4,12H2,1-2H3,(H,22,24)/t16-/m0/s1. The van der Waals surface area contributed by atoms with Crippen LogP contribution >= 0.6 is 11.6 Å². The second-order valence-corrected chi connectivity index (χ2v) is 7.09. The average molecular weight is 389 g/mol. The van der Waals surface area contributed by atoms with E-state index in [4.69, 9.17) is 16.3 Å². The number of hydrogen-bond donors (Lipinski definition) is 1. The summed E-state index contributed by atoms with van der Waals surface area (Å²) in [5.41, 5.74) is 0.479. The molecule has 1 atom stereocenters. The van der Waals surface area contributed by atoms with Crippen LogP contribution in [-0.4, -0.2) is 16.4 Å². The summed E-state index contributed by atoms with van der Waals surface area (Å²) in [6.07, 6.45) is 2.27. The maximum atomic E-state index is 12.8. The minimum Gasteiger partial charge on any atom is -0.487 e. The van der Waals surface area contributed by atoms with Crippen LogP contribution in [0, 0.1) is 10.1 Å². The summed E-state index contributed by atoms with van der Waals surface area (Å²) in [5.74, 6) is 0.386. The topological polar surface area (TPSA) is 81.5 Å². The fraction of sp³-hybridized carbons (Fsp3) is 0.350. The number of nitro benzene ring substituents is 1. The van der Waals surface area contributed by atoms with Crippen LogP contribution in [0.1, 0.15) is 55.1 Å². The third-order valence-corrected chi connectivity index (χ3v) is 5.52. The van der Waals surface area contributed by atoms with Crippen LogP contribution in [0.25, 0.3) is 0 Å². The molecular formula is C20H21ClN2O4. The largest absolute Gasteiger partial charge is 0.487 e. The number of carbonyl (C=O) groups excluding carboxylic acids is 1. The van der Waals surface area contributed by atoms with Gasteiger partial charge in [-0.05, 0) is 31.0 Å². The maximum Gasteiger partial charge on any atom is 0.288 e. The van der Waals surface area contributed by atoms with Crippen LogP contribution in [0.2, 0.25) is 5.02 Å². The van der Waals surface area contributed by atoms with Gasteiger partial charge in [-0.2, -0.15) is 0 Å². The van der Waals surface area contributed by atoms with Gasteiger partial charge in [-0.1, -0.05) is 43.6 Å². The summed E-state index contributed by atoms with van der Waals surface area (Å²) < 4.78 is 6.24. The first kappa shape index (κ1) is 19.2. The van der Waals surface area contributed by atoms with Crippen molar-refractivity contribution in [2.24, 2.45) is 0 Å². The number of carbonyl (C=O) groups is 1. The van der Waals surface area contributed by atoms with Crippen molar-refractivity contribution in [1.82, 2.24) is 5.32 Å². The van der Waals surface area contributed by atoms with Gasteiger partial charge in [0.15, 0.2) is 0 Å². The second kappa shape index (κ2) is 7.56. The van der Waals surface area contributed by atoms with E-state index in [0.29, 0.717) is 6.42 Å². The Labute approximate surface area is 162 Å². The van der Waals surface area contributed by atoms with Gasteiger partial charge in [-0.3, -0.25) is 14.9 Å². The Bertz CT molecular complexity index is 880. The minimum absolute atomic E-state index is 0.00365. The van der Waals surface area contributed by atoms with Gasteiger partial charge in [0.2, 0.25) is 0 Å². The summed E-state index contributed by atoms with van der Waals surface area (Å²) in [5, 5.41) is 14.1. The molecule has 2 aromatic rings. The number of nitro groups is 1. The molecule has 0 bridgehead atoms. The van der Waals surface area contributed by atoms with Crippen molar-refractivity contribution >= 4 is 23.2 Å². The summed E-state index contributed by atoms with van der Waals surface area (Å²) in [6, 6.07) is 11.5. The highest BCUT2D eigenvalue weighted by molar-refractivity contribution is 6.32. The van der Waals surface area contributed by atoms with Crippen molar-refractivity contribution in [2.75, 3.05) is 0 Å². The lowest BCUT2D eigenvalue weighted by atomic mass is 9.83. The van der Waals surface area contributed by atoms with Gasteiger partial charge in [0.1, 0.15) is 16.4 Å². The first-order valence-electron chi connectivity index (χ1n) is 8.92. The van der Waals surface area contributed by atoms with E-state index in [1.165, 1.54) is 18.2 Å². The second-order valence-electron chi connectivity index (χ2n) is 6.68. The van der Waals surface area contributed by atoms with Crippen molar-refractivity contribution in [3.05, 3.63) is 68.7 Å². The molecule has 1 heterocycles. The van der Waals surface area contributed by atoms with E-state index in [1.54, 1.807) is 0 Å². The van der Waals surface area contributed by atoms with Gasteiger partial charge in [0, 0.05) is 23.6 Å². The van der Waals surface area contributed by atoms with Crippen molar-refractivity contribution in [3.63, 3.8) is 0 Å². The molecule has 0 radical (unpaired) electrons. The molecule has 3 rings (SSSR count). The molecule has 0 unspecified atom stereocenters. The van der Waals surface area contributed by atoms with Crippen molar-refractivity contribution in [2.45, 2.75) is 44.8 Å². The van der Waals surface area contributed by atoms with Crippen molar-refractivity contribution < 1.29 is 14.5 Å². The van der Waals surface area contributed by atoms with Crippen LogP contribution in [0.4, 0.5) is 5.69 Å². The molecule has 27 heavy (non-hydrogen) atoms. The molecule has 6 nitrogen and oxygen atoms in total. The Morgan fingerprint density at radius 1 is 1.30 bits per heavy atom. The molecule has 1 N–H and O–H groups in total. The van der Waals surface area contributed by atoms with Crippen molar-refractivity contribution in [3.8, 4) is 5.75 Å². The lowest BCUT2D eigenvalue weighted by Crippen LogP contribution is -2.44. The molecule has 0 aliphatic carbocycles. The summed E-state index contributed by atoms with van der Waals surface area (Å²) in [6.45, 7) is 4.14. The fourth-order valence-electron chi connectivity index (χ4n) is 3.47. The first-order valence-corrected chi connectivity index (χ1v) is 9.29. The van der Waals surface area contributed by atoms with E-state index in [9.17, 15) is 14.9 Å². The lowest BCUT2D eigenvalue weighted by molar-refractivity contribution is -0.384. The van der Waals surface area contributed by atoms with Crippen LogP contribution < -0.4 is 10.1 Å². The number of fused-ring (bicyclic) bond motifs is 1. The van der Waals surface area contributed by atoms with E-state index in [1.807, 2.05) is 24.3 Å². The third-order valence-electron chi connectivity index (χ3n) is 5.20. The molecule has 1 aliphatic rings. The van der Waals surface area contributed by atoms with Crippen LogP contribution in [-0.2, 0) is 0 Å². The average Bonchev–Trinajstić information content (AvgIpc) is 2.67. The molecule has 0 saturated carbocycles. The SMILES string of the molecule is CCC1(CC)C[C@H](NC(=O)c2ccc(Cl)c([N+](=O)[O-])c2)c2ccccc2O1. The Kier molecular flexibility index (Phi) is 5.37. The molecule has 1 amide bonds. The van der Waals surface area contributed by atoms with Gasteiger partial charge in [0.25, 0.3) is 11.6 Å². The molecule has 7 heteroatoms. The zero-order valence-electron chi connectivity index (χ0n) is 15.2. The molecular weight excluding hydrogens is 368 g/mol. The van der Waals surface area contributed by atoms with E-state index >= 15 is 0 Å². The Hall–Kier alpha value is -2.60. The number of halogens is 1. The quantitative estimate of drug-likeness (QED) is 0.573. The van der Waals surface area contributed by atoms with E-state index in [-0.39, 0.29) is 33.8 Å². The zero-order valence-corrected chi connectivity index (χ0v) is 16.0. The van der Waals surface area contributed by atoms with Gasteiger partial charge >= 0.3 is 0 Å². The normalized spacial score (nSPS) is 17.5. The fourth-order valence-corrected chi connectivity index (χ4v) is 3.65. The van der Waals surface area contributed by atoms with Crippen molar-refractivity contribution in [1.29, 1.82) is 0 Å². The molecule has 2 aromatic carbocycles. The van der Waals surface area contributed by atoms with Crippen LogP contribution in [0.15, 0.2) is 42.5 Å². The van der Waals surface area contributed by atoms with Gasteiger partial charge in [0.05, 0.1) is 11.0 Å². The predicted octanol–water partition coefficient (Wildman–Crippen LogP) is 5.06. The number of rotatable bonds is 5. The number of nitrogens with zero attached hydrogens (tertiary/aromatic N) is 1. The molecule has 0 saturated heterocycles. The maximum absolute atomic E-state index is 12.8. The van der Waals surface area contributed by atoms with Crippen LogP contribution in [0.5, 0.6) is 5.75 Å². The van der Waals surface area contributed by atoms with Crippen LogP contribution in [0.3, 0.4) is 0 Å². The molecule has 0 spiro atoms. The van der Waals surface area contributed by atoms with Gasteiger partial charge in [-0.15, -0.1) is 0 Å².